The maximum Gasteiger partial charge on any atom is 0.324 e. The fourth-order valence-electron chi connectivity index (χ4n) is 2.15. The van der Waals surface area contributed by atoms with Crippen LogP contribution in [0.25, 0.3) is 0 Å². The third kappa shape index (κ3) is 4.89. The summed E-state index contributed by atoms with van der Waals surface area (Å²) < 4.78 is 1.69. The van der Waals surface area contributed by atoms with Gasteiger partial charge in [0.15, 0.2) is 5.82 Å². The van der Waals surface area contributed by atoms with E-state index in [0.717, 1.165) is 5.56 Å². The smallest absolute Gasteiger partial charge is 0.308 e. The molecule has 0 spiro atoms. The maximum atomic E-state index is 12.0. The molecule has 25 heavy (non-hydrogen) atoms. The summed E-state index contributed by atoms with van der Waals surface area (Å²) >= 11 is 17.7. The number of nitrogens with zero attached hydrogens (tertiary/aromatic N) is 2. The van der Waals surface area contributed by atoms with Crippen molar-refractivity contribution in [2.45, 2.75) is 6.54 Å². The van der Waals surface area contributed by atoms with Gasteiger partial charge >= 0.3 is 6.03 Å². The SMILES string of the molecule is O=C(Nc1ccc(Cl)cc1)Nc1ccn(Cc2ccc(Cl)c(Cl)c2)n1. The number of urea groups is 1. The van der Waals surface area contributed by atoms with E-state index in [-0.39, 0.29) is 6.03 Å². The molecule has 8 heteroatoms. The summed E-state index contributed by atoms with van der Waals surface area (Å²) in [4.78, 5) is 12.0. The van der Waals surface area contributed by atoms with Crippen molar-refractivity contribution in [1.29, 1.82) is 0 Å². The Morgan fingerprint density at radius 1 is 0.960 bits per heavy atom. The minimum atomic E-state index is -0.387. The van der Waals surface area contributed by atoms with Gasteiger partial charge in [-0.25, -0.2) is 4.79 Å². The molecular weight excluding hydrogens is 383 g/mol. The van der Waals surface area contributed by atoms with Gasteiger partial charge in [0.25, 0.3) is 0 Å². The molecule has 2 amide bonds. The van der Waals surface area contributed by atoms with Gasteiger partial charge in [-0.2, -0.15) is 5.10 Å². The Balaban J connectivity index is 1.60. The van der Waals surface area contributed by atoms with Gasteiger partial charge in [-0.15, -0.1) is 0 Å². The number of nitrogens with one attached hydrogen (secondary N) is 2. The number of carbonyl (C=O) groups is 1. The highest BCUT2D eigenvalue weighted by Gasteiger charge is 2.06. The highest BCUT2D eigenvalue weighted by Crippen LogP contribution is 2.23. The molecule has 1 aromatic heterocycles. The van der Waals surface area contributed by atoms with Crippen molar-refractivity contribution in [2.24, 2.45) is 0 Å². The molecule has 2 N–H and O–H groups in total. The van der Waals surface area contributed by atoms with E-state index in [4.69, 9.17) is 34.8 Å². The van der Waals surface area contributed by atoms with Crippen LogP contribution in [0.15, 0.2) is 54.7 Å². The lowest BCUT2D eigenvalue weighted by Crippen LogP contribution is -2.19. The number of aromatic nitrogens is 2. The summed E-state index contributed by atoms with van der Waals surface area (Å²) in [5.41, 5.74) is 1.59. The van der Waals surface area contributed by atoms with Crippen LogP contribution in [0.5, 0.6) is 0 Å². The fourth-order valence-corrected chi connectivity index (χ4v) is 2.60. The molecule has 0 atom stereocenters. The van der Waals surface area contributed by atoms with Gasteiger partial charge < -0.3 is 5.32 Å². The molecule has 0 fully saturated rings. The topological polar surface area (TPSA) is 59.0 Å². The number of amides is 2. The maximum absolute atomic E-state index is 12.0. The van der Waals surface area contributed by atoms with E-state index in [1.807, 2.05) is 6.07 Å². The van der Waals surface area contributed by atoms with Crippen molar-refractivity contribution >= 4 is 52.3 Å². The summed E-state index contributed by atoms with van der Waals surface area (Å²) in [6, 6.07) is 13.5. The Morgan fingerprint density at radius 3 is 2.44 bits per heavy atom. The average molecular weight is 396 g/mol. The third-order valence-electron chi connectivity index (χ3n) is 3.31. The molecule has 5 nitrogen and oxygen atoms in total. The van der Waals surface area contributed by atoms with E-state index in [1.54, 1.807) is 53.3 Å². The van der Waals surface area contributed by atoms with Gasteiger partial charge in [0.2, 0.25) is 0 Å². The first kappa shape index (κ1) is 17.6. The van der Waals surface area contributed by atoms with Crippen LogP contribution < -0.4 is 10.6 Å². The second-order valence-corrected chi connectivity index (χ2v) is 6.48. The van der Waals surface area contributed by atoms with Crippen LogP contribution in [0, 0.1) is 0 Å². The standard InChI is InChI=1S/C17H13Cl3N4O/c18-12-2-4-13(5-3-12)21-17(25)22-16-7-8-24(23-16)10-11-1-6-14(19)15(20)9-11/h1-9H,10H2,(H2,21,22,23,25). The Bertz CT molecular complexity index is 893. The van der Waals surface area contributed by atoms with E-state index in [1.165, 1.54) is 0 Å². The molecule has 0 saturated carbocycles. The Morgan fingerprint density at radius 2 is 1.72 bits per heavy atom. The van der Waals surface area contributed by atoms with Crippen LogP contribution in [0.2, 0.25) is 15.1 Å². The zero-order chi connectivity index (χ0) is 17.8. The number of halogens is 3. The van der Waals surface area contributed by atoms with Gasteiger partial charge in [-0.05, 0) is 42.0 Å². The molecule has 3 rings (SSSR count). The normalized spacial score (nSPS) is 10.5. The molecule has 2 aromatic carbocycles. The first-order valence-corrected chi connectivity index (χ1v) is 8.44. The fraction of sp³-hybridized carbons (Fsp3) is 0.0588. The lowest BCUT2D eigenvalue weighted by atomic mass is 10.2. The lowest BCUT2D eigenvalue weighted by Gasteiger charge is -2.06. The molecule has 0 aliphatic heterocycles. The van der Waals surface area contributed by atoms with Crippen LogP contribution in [0.4, 0.5) is 16.3 Å². The highest BCUT2D eigenvalue weighted by atomic mass is 35.5. The first-order valence-electron chi connectivity index (χ1n) is 7.30. The van der Waals surface area contributed by atoms with E-state index >= 15 is 0 Å². The molecule has 0 aliphatic carbocycles. The van der Waals surface area contributed by atoms with Crippen molar-refractivity contribution < 1.29 is 4.79 Å². The molecule has 1 heterocycles. The van der Waals surface area contributed by atoms with Crippen molar-refractivity contribution in [1.82, 2.24) is 9.78 Å². The predicted octanol–water partition coefficient (Wildman–Crippen LogP) is 5.54. The van der Waals surface area contributed by atoms with E-state index < -0.39 is 0 Å². The summed E-state index contributed by atoms with van der Waals surface area (Å²) in [5, 5.41) is 11.3. The average Bonchev–Trinajstić information content (AvgIpc) is 3.00. The number of carbonyl (C=O) groups excluding carboxylic acids is 1. The third-order valence-corrected chi connectivity index (χ3v) is 4.30. The molecule has 0 unspecified atom stereocenters. The molecule has 0 radical (unpaired) electrons. The summed E-state index contributed by atoms with van der Waals surface area (Å²) in [6.07, 6.45) is 1.76. The van der Waals surface area contributed by atoms with Crippen molar-refractivity contribution in [3.63, 3.8) is 0 Å². The van der Waals surface area contributed by atoms with Crippen molar-refractivity contribution in [3.8, 4) is 0 Å². The summed E-state index contributed by atoms with van der Waals surface area (Å²) in [7, 11) is 0. The Labute approximate surface area is 159 Å². The van der Waals surface area contributed by atoms with Gasteiger partial charge in [-0.3, -0.25) is 10.00 Å². The quantitative estimate of drug-likeness (QED) is 0.609. The number of rotatable bonds is 4. The van der Waals surface area contributed by atoms with Gasteiger partial charge in [-0.1, -0.05) is 40.9 Å². The van der Waals surface area contributed by atoms with E-state index in [0.29, 0.717) is 33.1 Å². The molecule has 128 valence electrons. The van der Waals surface area contributed by atoms with E-state index in [9.17, 15) is 4.79 Å². The molecular formula is C17H13Cl3N4O. The summed E-state index contributed by atoms with van der Waals surface area (Å²) in [6.45, 7) is 0.511. The van der Waals surface area contributed by atoms with Crippen molar-refractivity contribution in [3.05, 3.63) is 75.4 Å². The number of anilines is 2. The van der Waals surface area contributed by atoms with Crippen LogP contribution in [0.3, 0.4) is 0 Å². The van der Waals surface area contributed by atoms with Crippen molar-refractivity contribution in [2.75, 3.05) is 10.6 Å². The minimum Gasteiger partial charge on any atom is -0.308 e. The number of hydrogen-bond donors (Lipinski definition) is 2. The van der Waals surface area contributed by atoms with Crippen LogP contribution in [-0.4, -0.2) is 15.8 Å². The molecule has 0 saturated heterocycles. The lowest BCUT2D eigenvalue weighted by molar-refractivity contribution is 0.262. The van der Waals surface area contributed by atoms with E-state index in [2.05, 4.69) is 15.7 Å². The largest absolute Gasteiger partial charge is 0.324 e. The van der Waals surface area contributed by atoms with Crippen LogP contribution >= 0.6 is 34.8 Å². The zero-order valence-corrected chi connectivity index (χ0v) is 15.1. The monoisotopic (exact) mass is 394 g/mol. The van der Waals surface area contributed by atoms with Gasteiger partial charge in [0, 0.05) is 23.0 Å². The predicted molar refractivity (Wildman–Crippen MR) is 102 cm³/mol. The Kier molecular flexibility index (Phi) is 5.48. The second kappa shape index (κ2) is 7.78. The first-order chi connectivity index (χ1) is 12.0. The number of benzene rings is 2. The minimum absolute atomic E-state index is 0.387. The summed E-state index contributed by atoms with van der Waals surface area (Å²) in [5.74, 6) is 0.437. The zero-order valence-electron chi connectivity index (χ0n) is 12.8. The molecule has 0 bridgehead atoms. The van der Waals surface area contributed by atoms with Gasteiger partial charge in [0.1, 0.15) is 0 Å². The highest BCUT2D eigenvalue weighted by molar-refractivity contribution is 6.42. The van der Waals surface area contributed by atoms with Crippen LogP contribution in [0.1, 0.15) is 5.56 Å². The molecule has 3 aromatic rings. The molecule has 0 aliphatic rings. The Hall–Kier alpha value is -2.21. The van der Waals surface area contributed by atoms with Gasteiger partial charge in [0.05, 0.1) is 16.6 Å². The number of hydrogen-bond acceptors (Lipinski definition) is 2. The second-order valence-electron chi connectivity index (χ2n) is 5.23. The van der Waals surface area contributed by atoms with Crippen LogP contribution in [-0.2, 0) is 6.54 Å².